The number of benzene rings is 2. The molecule has 25 heavy (non-hydrogen) atoms. The lowest BCUT2D eigenvalue weighted by atomic mass is 10.0. The van der Waals surface area contributed by atoms with Crippen molar-refractivity contribution in [3.8, 4) is 5.75 Å². The van der Waals surface area contributed by atoms with Crippen molar-refractivity contribution in [2.45, 2.75) is 13.5 Å². The molecule has 3 rings (SSSR count). The fraction of sp³-hybridized carbons (Fsp3) is 0.105. The average molecular weight is 336 g/mol. The van der Waals surface area contributed by atoms with Gasteiger partial charge in [-0.15, -0.1) is 0 Å². The minimum Gasteiger partial charge on any atom is -0.508 e. The van der Waals surface area contributed by atoms with E-state index in [1.807, 2.05) is 31.2 Å². The lowest BCUT2D eigenvalue weighted by Gasteiger charge is -2.10. The Bertz CT molecular complexity index is 982. The number of carboxylic acids is 1. The van der Waals surface area contributed by atoms with Crippen LogP contribution >= 0.6 is 0 Å². The first-order chi connectivity index (χ1) is 12.0. The number of hydrogen-bond donors (Lipinski definition) is 3. The highest BCUT2D eigenvalue weighted by molar-refractivity contribution is 5.98. The zero-order chi connectivity index (χ0) is 18.0. The number of hydrogen-bond acceptors (Lipinski definition) is 4. The Labute approximate surface area is 143 Å². The molecule has 1 amide bonds. The van der Waals surface area contributed by atoms with Gasteiger partial charge in [0.15, 0.2) is 0 Å². The fourth-order valence-electron chi connectivity index (χ4n) is 2.67. The third kappa shape index (κ3) is 3.42. The number of rotatable bonds is 4. The number of carbonyl (C=O) groups excluding carboxylic acids is 1. The molecular formula is C19H16N2O4. The van der Waals surface area contributed by atoms with Gasteiger partial charge >= 0.3 is 5.97 Å². The first kappa shape index (κ1) is 16.4. The molecule has 3 N–H and O–H groups in total. The number of nitrogens with one attached hydrogen (secondary N) is 1. The zero-order valence-electron chi connectivity index (χ0n) is 13.5. The van der Waals surface area contributed by atoms with Crippen LogP contribution in [0.2, 0.25) is 0 Å². The number of carboxylic acid groups (broad SMARTS) is 1. The Morgan fingerprint density at radius 1 is 1.12 bits per heavy atom. The molecule has 1 heterocycles. The van der Waals surface area contributed by atoms with Crippen LogP contribution in [0.1, 0.15) is 31.8 Å². The number of phenolic OH excluding ortho intramolecular Hbond substituents is 1. The van der Waals surface area contributed by atoms with Crippen molar-refractivity contribution in [3.05, 3.63) is 70.9 Å². The Balaban J connectivity index is 1.84. The maximum absolute atomic E-state index is 12.3. The van der Waals surface area contributed by atoms with Crippen LogP contribution < -0.4 is 5.32 Å². The number of aryl methyl sites for hydroxylation is 1. The molecule has 0 aliphatic carbocycles. The number of fused-ring (bicyclic) bond motifs is 1. The molecule has 3 aromatic rings. The maximum atomic E-state index is 12.3. The van der Waals surface area contributed by atoms with Crippen LogP contribution in [0, 0.1) is 6.92 Å². The van der Waals surface area contributed by atoms with Gasteiger partial charge in [-0.05, 0) is 42.3 Å². The zero-order valence-corrected chi connectivity index (χ0v) is 13.5. The summed E-state index contributed by atoms with van der Waals surface area (Å²) in [5, 5.41) is 22.3. The van der Waals surface area contributed by atoms with Crippen LogP contribution in [0.4, 0.5) is 0 Å². The van der Waals surface area contributed by atoms with E-state index in [0.717, 1.165) is 28.1 Å². The molecule has 0 unspecified atom stereocenters. The largest absolute Gasteiger partial charge is 0.508 e. The van der Waals surface area contributed by atoms with Gasteiger partial charge in [0.2, 0.25) is 0 Å². The molecule has 0 saturated carbocycles. The lowest BCUT2D eigenvalue weighted by molar-refractivity contribution is 0.0696. The normalized spacial score (nSPS) is 10.6. The van der Waals surface area contributed by atoms with E-state index >= 15 is 0 Å². The molecule has 0 fully saturated rings. The third-order valence-electron chi connectivity index (χ3n) is 3.93. The van der Waals surface area contributed by atoms with E-state index in [4.69, 9.17) is 5.11 Å². The summed E-state index contributed by atoms with van der Waals surface area (Å²) in [5.74, 6) is -1.94. The molecular weight excluding hydrogens is 320 g/mol. The number of aromatic nitrogens is 1. The average Bonchev–Trinajstić information content (AvgIpc) is 2.60. The van der Waals surface area contributed by atoms with Gasteiger partial charge in [0.1, 0.15) is 5.75 Å². The molecule has 0 saturated heterocycles. The van der Waals surface area contributed by atoms with Gasteiger partial charge in [0.25, 0.3) is 5.91 Å². The molecule has 6 nitrogen and oxygen atoms in total. The van der Waals surface area contributed by atoms with Gasteiger partial charge in [-0.2, -0.15) is 0 Å². The van der Waals surface area contributed by atoms with Crippen LogP contribution in [0.15, 0.2) is 48.7 Å². The van der Waals surface area contributed by atoms with Crippen molar-refractivity contribution < 1.29 is 19.8 Å². The minimum atomic E-state index is -1.21. The molecule has 126 valence electrons. The summed E-state index contributed by atoms with van der Waals surface area (Å²) >= 11 is 0. The quantitative estimate of drug-likeness (QED) is 0.680. The topological polar surface area (TPSA) is 99.5 Å². The number of aromatic hydroxyl groups is 1. The summed E-state index contributed by atoms with van der Waals surface area (Å²) in [7, 11) is 0. The molecule has 0 spiro atoms. The summed E-state index contributed by atoms with van der Waals surface area (Å²) < 4.78 is 0. The third-order valence-corrected chi connectivity index (χ3v) is 3.93. The SMILES string of the molecule is Cc1ccc(CNC(=O)c2cc(O)cc(C(=O)O)c2)c2cccnc12. The second-order valence-electron chi connectivity index (χ2n) is 5.70. The summed E-state index contributed by atoms with van der Waals surface area (Å²) in [6.07, 6.45) is 1.72. The van der Waals surface area contributed by atoms with Crippen molar-refractivity contribution in [2.75, 3.05) is 0 Å². The molecule has 0 aliphatic rings. The van der Waals surface area contributed by atoms with Crippen molar-refractivity contribution in [3.63, 3.8) is 0 Å². The monoisotopic (exact) mass is 336 g/mol. The van der Waals surface area contributed by atoms with E-state index in [1.165, 1.54) is 12.1 Å². The number of phenols is 1. The standard InChI is InChI=1S/C19H16N2O4/c1-11-4-5-12(16-3-2-6-20-17(11)16)10-21-18(23)13-7-14(19(24)25)9-15(22)8-13/h2-9,22H,10H2,1H3,(H,21,23)(H,24,25). The van der Waals surface area contributed by atoms with E-state index in [2.05, 4.69) is 10.3 Å². The second kappa shape index (κ2) is 6.60. The van der Waals surface area contributed by atoms with Crippen LogP contribution in [0.25, 0.3) is 10.9 Å². The van der Waals surface area contributed by atoms with E-state index in [9.17, 15) is 14.7 Å². The smallest absolute Gasteiger partial charge is 0.335 e. The Hall–Kier alpha value is -3.41. The van der Waals surface area contributed by atoms with Gasteiger partial charge in [-0.25, -0.2) is 4.79 Å². The Morgan fingerprint density at radius 3 is 2.64 bits per heavy atom. The van der Waals surface area contributed by atoms with Crippen LogP contribution in [0.5, 0.6) is 5.75 Å². The van der Waals surface area contributed by atoms with Crippen LogP contribution in [0.3, 0.4) is 0 Å². The van der Waals surface area contributed by atoms with E-state index in [-0.39, 0.29) is 23.4 Å². The summed E-state index contributed by atoms with van der Waals surface area (Å²) in [6.45, 7) is 2.23. The van der Waals surface area contributed by atoms with Gasteiger partial charge < -0.3 is 15.5 Å². The number of aromatic carboxylic acids is 1. The second-order valence-corrected chi connectivity index (χ2v) is 5.70. The highest BCUT2D eigenvalue weighted by Crippen LogP contribution is 2.21. The number of carbonyl (C=O) groups is 2. The lowest BCUT2D eigenvalue weighted by Crippen LogP contribution is -2.23. The molecule has 0 aliphatic heterocycles. The molecule has 2 aromatic carbocycles. The minimum absolute atomic E-state index is 0.0898. The Kier molecular flexibility index (Phi) is 4.35. The first-order valence-electron chi connectivity index (χ1n) is 7.64. The molecule has 0 atom stereocenters. The van der Waals surface area contributed by atoms with Crippen molar-refractivity contribution in [1.29, 1.82) is 0 Å². The van der Waals surface area contributed by atoms with E-state index < -0.39 is 11.9 Å². The predicted octanol–water partition coefficient (Wildman–Crippen LogP) is 2.88. The first-order valence-corrected chi connectivity index (χ1v) is 7.64. The van der Waals surface area contributed by atoms with Crippen LogP contribution in [-0.2, 0) is 6.54 Å². The highest BCUT2D eigenvalue weighted by atomic mass is 16.4. The van der Waals surface area contributed by atoms with Crippen molar-refractivity contribution in [1.82, 2.24) is 10.3 Å². The fourth-order valence-corrected chi connectivity index (χ4v) is 2.67. The van der Waals surface area contributed by atoms with Gasteiger partial charge in [0, 0.05) is 23.7 Å². The highest BCUT2D eigenvalue weighted by Gasteiger charge is 2.13. The summed E-state index contributed by atoms with van der Waals surface area (Å²) in [6, 6.07) is 11.2. The van der Waals surface area contributed by atoms with Gasteiger partial charge in [0.05, 0.1) is 11.1 Å². The van der Waals surface area contributed by atoms with Gasteiger partial charge in [-0.3, -0.25) is 9.78 Å². The maximum Gasteiger partial charge on any atom is 0.335 e. The van der Waals surface area contributed by atoms with E-state index in [0.29, 0.717) is 0 Å². The summed E-state index contributed by atoms with van der Waals surface area (Å²) in [5.41, 5.74) is 2.77. The van der Waals surface area contributed by atoms with Gasteiger partial charge in [-0.1, -0.05) is 18.2 Å². The van der Waals surface area contributed by atoms with Crippen molar-refractivity contribution in [2.24, 2.45) is 0 Å². The number of amides is 1. The number of pyridine rings is 1. The van der Waals surface area contributed by atoms with Crippen LogP contribution in [-0.4, -0.2) is 27.1 Å². The summed E-state index contributed by atoms with van der Waals surface area (Å²) in [4.78, 5) is 27.7. The number of nitrogens with zero attached hydrogens (tertiary/aromatic N) is 1. The Morgan fingerprint density at radius 2 is 1.88 bits per heavy atom. The molecule has 6 heteroatoms. The van der Waals surface area contributed by atoms with E-state index in [1.54, 1.807) is 6.20 Å². The van der Waals surface area contributed by atoms with Crippen molar-refractivity contribution >= 4 is 22.8 Å². The molecule has 1 aromatic heterocycles. The predicted molar refractivity (Wildman–Crippen MR) is 92.7 cm³/mol. The molecule has 0 radical (unpaired) electrons. The molecule has 0 bridgehead atoms.